The summed E-state index contributed by atoms with van der Waals surface area (Å²) in [5, 5.41) is 12.1. The van der Waals surface area contributed by atoms with Gasteiger partial charge in [0.2, 0.25) is 11.8 Å². The number of ether oxygens (including phenoxy) is 1. The van der Waals surface area contributed by atoms with Gasteiger partial charge < -0.3 is 19.8 Å². The first-order chi connectivity index (χ1) is 17.0. The molecule has 2 N–H and O–H groups in total. The Balaban J connectivity index is 1.42. The Morgan fingerprint density at radius 1 is 1.14 bits per heavy atom. The summed E-state index contributed by atoms with van der Waals surface area (Å²) >= 11 is 0. The van der Waals surface area contributed by atoms with Crippen LogP contribution in [0.3, 0.4) is 0 Å². The van der Waals surface area contributed by atoms with Crippen LogP contribution in [-0.4, -0.2) is 44.9 Å². The zero-order valence-corrected chi connectivity index (χ0v) is 20.3. The van der Waals surface area contributed by atoms with Crippen molar-refractivity contribution in [3.05, 3.63) is 53.7 Å². The molecular formula is C26H30N6O3. The number of para-hydroxylation sites is 1. The molecular weight excluding hydrogens is 444 g/mol. The molecule has 0 radical (unpaired) electrons. The van der Waals surface area contributed by atoms with E-state index in [1.165, 1.54) is 6.26 Å². The highest BCUT2D eigenvalue weighted by molar-refractivity contribution is 5.97. The smallest absolute Gasteiger partial charge is 0.230 e. The maximum atomic E-state index is 12.7. The summed E-state index contributed by atoms with van der Waals surface area (Å²) in [5.74, 6) is 0.286. The molecule has 3 aromatic heterocycles. The summed E-state index contributed by atoms with van der Waals surface area (Å²) in [6, 6.07) is 6.21. The van der Waals surface area contributed by atoms with E-state index in [-0.39, 0.29) is 18.4 Å². The third-order valence-corrected chi connectivity index (χ3v) is 6.40. The van der Waals surface area contributed by atoms with Crippen LogP contribution in [-0.2, 0) is 22.5 Å². The molecule has 0 bridgehead atoms. The topological polar surface area (TPSA) is 107 Å². The van der Waals surface area contributed by atoms with Crippen LogP contribution < -0.4 is 10.6 Å². The van der Waals surface area contributed by atoms with E-state index in [1.54, 1.807) is 6.20 Å². The van der Waals surface area contributed by atoms with Gasteiger partial charge in [-0.05, 0) is 44.7 Å². The number of nitrogens with one attached hydrogen (secondary N) is 2. The van der Waals surface area contributed by atoms with E-state index in [9.17, 15) is 4.79 Å². The van der Waals surface area contributed by atoms with E-state index in [0.717, 1.165) is 71.7 Å². The van der Waals surface area contributed by atoms with E-state index in [4.69, 9.17) is 9.15 Å². The SMILES string of the molecule is CCn1ncc2c(NC3CCOCC3)c(-c3nc(CC(=O)Nc4c(C)cccc4C)co3)cnc21. The number of hydrogen-bond donors (Lipinski definition) is 2. The average molecular weight is 475 g/mol. The molecule has 0 unspecified atom stereocenters. The first-order valence-electron chi connectivity index (χ1n) is 12.0. The van der Waals surface area contributed by atoms with Crippen molar-refractivity contribution < 1.29 is 13.9 Å². The maximum absolute atomic E-state index is 12.7. The summed E-state index contributed by atoms with van der Waals surface area (Å²) < 4.78 is 13.2. The number of aromatic nitrogens is 4. The maximum Gasteiger partial charge on any atom is 0.230 e. The van der Waals surface area contributed by atoms with E-state index < -0.39 is 0 Å². The van der Waals surface area contributed by atoms with Crippen LogP contribution in [0.25, 0.3) is 22.5 Å². The van der Waals surface area contributed by atoms with Crippen molar-refractivity contribution in [3.8, 4) is 11.5 Å². The number of anilines is 2. The number of rotatable bonds is 7. The highest BCUT2D eigenvalue weighted by Gasteiger charge is 2.22. The quantitative estimate of drug-likeness (QED) is 0.406. The van der Waals surface area contributed by atoms with E-state index in [0.29, 0.717) is 11.6 Å². The first kappa shape index (κ1) is 23.0. The lowest BCUT2D eigenvalue weighted by Gasteiger charge is -2.25. The lowest BCUT2D eigenvalue weighted by molar-refractivity contribution is -0.115. The van der Waals surface area contributed by atoms with Crippen LogP contribution in [0.1, 0.15) is 36.6 Å². The van der Waals surface area contributed by atoms with Gasteiger partial charge in [0.05, 0.1) is 34.9 Å². The minimum atomic E-state index is -0.138. The molecule has 0 aliphatic carbocycles. The lowest BCUT2D eigenvalue weighted by Crippen LogP contribution is -2.28. The minimum absolute atomic E-state index is 0.115. The van der Waals surface area contributed by atoms with Crippen molar-refractivity contribution >= 4 is 28.3 Å². The van der Waals surface area contributed by atoms with Gasteiger partial charge in [0.15, 0.2) is 5.65 Å². The molecule has 0 spiro atoms. The average Bonchev–Trinajstić information content (AvgIpc) is 3.49. The Morgan fingerprint density at radius 2 is 1.91 bits per heavy atom. The number of amides is 1. The highest BCUT2D eigenvalue weighted by atomic mass is 16.5. The summed E-state index contributed by atoms with van der Waals surface area (Å²) in [4.78, 5) is 22.0. The van der Waals surface area contributed by atoms with Crippen molar-refractivity contribution in [1.29, 1.82) is 0 Å². The Hall–Kier alpha value is -3.72. The van der Waals surface area contributed by atoms with Gasteiger partial charge in [-0.15, -0.1) is 0 Å². The summed E-state index contributed by atoms with van der Waals surface area (Å²) in [6.45, 7) is 8.19. The largest absolute Gasteiger partial charge is 0.444 e. The molecule has 1 amide bonds. The lowest BCUT2D eigenvalue weighted by atomic mass is 10.1. The number of carbonyl (C=O) groups excluding carboxylic acids is 1. The van der Waals surface area contributed by atoms with Crippen LogP contribution >= 0.6 is 0 Å². The molecule has 9 nitrogen and oxygen atoms in total. The molecule has 1 saturated heterocycles. The van der Waals surface area contributed by atoms with Crippen molar-refractivity contribution in [1.82, 2.24) is 19.7 Å². The predicted octanol–water partition coefficient (Wildman–Crippen LogP) is 4.50. The molecule has 5 rings (SSSR count). The van der Waals surface area contributed by atoms with Gasteiger partial charge in [-0.25, -0.2) is 14.6 Å². The fourth-order valence-corrected chi connectivity index (χ4v) is 4.49. The molecule has 182 valence electrons. The van der Waals surface area contributed by atoms with Gasteiger partial charge >= 0.3 is 0 Å². The Kier molecular flexibility index (Phi) is 6.50. The van der Waals surface area contributed by atoms with E-state index in [2.05, 4.69) is 25.7 Å². The first-order valence-corrected chi connectivity index (χ1v) is 12.0. The zero-order valence-electron chi connectivity index (χ0n) is 20.3. The minimum Gasteiger partial charge on any atom is -0.444 e. The van der Waals surface area contributed by atoms with Crippen molar-refractivity contribution in [2.24, 2.45) is 0 Å². The van der Waals surface area contributed by atoms with Crippen LogP contribution in [0, 0.1) is 13.8 Å². The number of fused-ring (bicyclic) bond motifs is 1. The predicted molar refractivity (Wildman–Crippen MR) is 134 cm³/mol. The Labute approximate surface area is 203 Å². The van der Waals surface area contributed by atoms with Crippen LogP contribution in [0.15, 0.2) is 41.3 Å². The number of nitrogens with zero attached hydrogens (tertiary/aromatic N) is 4. The molecule has 0 saturated carbocycles. The molecule has 0 atom stereocenters. The number of pyridine rings is 1. The van der Waals surface area contributed by atoms with Gasteiger partial charge in [0, 0.05) is 37.7 Å². The van der Waals surface area contributed by atoms with Crippen LogP contribution in [0.5, 0.6) is 0 Å². The second-order valence-corrected chi connectivity index (χ2v) is 8.91. The van der Waals surface area contributed by atoms with Crippen LogP contribution in [0.4, 0.5) is 11.4 Å². The third kappa shape index (κ3) is 4.77. The Morgan fingerprint density at radius 3 is 2.66 bits per heavy atom. The monoisotopic (exact) mass is 474 g/mol. The van der Waals surface area contributed by atoms with Gasteiger partial charge in [-0.3, -0.25) is 4.79 Å². The summed E-state index contributed by atoms with van der Waals surface area (Å²) in [6.07, 6.45) is 7.09. The van der Waals surface area contributed by atoms with Gasteiger partial charge in [0.1, 0.15) is 6.26 Å². The van der Waals surface area contributed by atoms with Crippen molar-refractivity contribution in [2.45, 2.75) is 52.6 Å². The van der Waals surface area contributed by atoms with Crippen molar-refractivity contribution in [2.75, 3.05) is 23.8 Å². The van der Waals surface area contributed by atoms with Gasteiger partial charge in [0.25, 0.3) is 0 Å². The number of carbonyl (C=O) groups is 1. The summed E-state index contributed by atoms with van der Waals surface area (Å²) in [5.41, 5.74) is 5.91. The molecule has 1 aliphatic rings. The number of oxazole rings is 1. The number of hydrogen-bond acceptors (Lipinski definition) is 7. The summed E-state index contributed by atoms with van der Waals surface area (Å²) in [7, 11) is 0. The number of aryl methyl sites for hydroxylation is 3. The zero-order chi connectivity index (χ0) is 24.4. The second kappa shape index (κ2) is 9.87. The molecule has 9 heteroatoms. The molecule has 1 aromatic carbocycles. The standard InChI is InChI=1S/C26H30N6O3/c1-4-32-25-20(14-28-32)24(29-18-8-10-34-11-9-18)21(13-27-25)26-30-19(15-35-26)12-22(33)31-23-16(2)6-5-7-17(23)3/h5-7,13-15,18H,4,8-12H2,1-3H3,(H,27,29)(H,31,33). The second-order valence-electron chi connectivity index (χ2n) is 8.91. The molecule has 4 heterocycles. The fraction of sp³-hybridized carbons (Fsp3) is 0.385. The molecule has 1 fully saturated rings. The normalized spacial score (nSPS) is 14.4. The molecule has 1 aliphatic heterocycles. The van der Waals surface area contributed by atoms with Crippen molar-refractivity contribution in [3.63, 3.8) is 0 Å². The third-order valence-electron chi connectivity index (χ3n) is 6.40. The molecule has 35 heavy (non-hydrogen) atoms. The van der Waals surface area contributed by atoms with E-state index >= 15 is 0 Å². The highest BCUT2D eigenvalue weighted by Crippen LogP contribution is 2.34. The number of benzene rings is 1. The van der Waals surface area contributed by atoms with Gasteiger partial charge in [-0.2, -0.15) is 5.10 Å². The van der Waals surface area contributed by atoms with E-state index in [1.807, 2.05) is 49.8 Å². The van der Waals surface area contributed by atoms with Gasteiger partial charge in [-0.1, -0.05) is 18.2 Å². The van der Waals surface area contributed by atoms with Crippen LogP contribution in [0.2, 0.25) is 0 Å². The Bertz CT molecular complexity index is 1330. The molecule has 4 aromatic rings. The fourth-order valence-electron chi connectivity index (χ4n) is 4.49.